The normalized spacial score (nSPS) is 12.5. The van der Waals surface area contributed by atoms with E-state index in [1.165, 1.54) is 33.4 Å². The average molecular weight is 592 g/mol. The number of hydrogen-bond donors (Lipinski definition) is 0. The number of fused-ring (bicyclic) bond motifs is 6. The Kier molecular flexibility index (Phi) is 6.36. The van der Waals surface area contributed by atoms with Crippen molar-refractivity contribution in [2.75, 3.05) is 0 Å². The van der Waals surface area contributed by atoms with Gasteiger partial charge in [-0.2, -0.15) is 0 Å². The van der Waals surface area contributed by atoms with E-state index in [1.54, 1.807) is 0 Å². The van der Waals surface area contributed by atoms with Gasteiger partial charge in [0.25, 0.3) is 0 Å². The van der Waals surface area contributed by atoms with Crippen molar-refractivity contribution in [2.45, 2.75) is 13.2 Å². The number of rotatable bonds is 4. The van der Waals surface area contributed by atoms with Gasteiger partial charge < -0.3 is 9.15 Å². The molecule has 0 N–H and O–H groups in total. The van der Waals surface area contributed by atoms with Crippen LogP contribution in [0.1, 0.15) is 11.1 Å². The molecule has 46 heavy (non-hydrogen) atoms. The molecular weight excluding hydrogens is 562 g/mol. The third kappa shape index (κ3) is 4.70. The molecule has 2 aromatic heterocycles. The van der Waals surface area contributed by atoms with E-state index in [9.17, 15) is 0 Å². The second-order valence-electron chi connectivity index (χ2n) is 11.9. The molecule has 0 amide bonds. The second kappa shape index (κ2) is 11.0. The maximum atomic E-state index is 6.24. The van der Waals surface area contributed by atoms with Gasteiger partial charge in [0.1, 0.15) is 11.2 Å². The largest absolute Gasteiger partial charge is 0.456 e. The third-order valence-electron chi connectivity index (χ3n) is 9.03. The van der Waals surface area contributed by atoms with Crippen LogP contribution >= 0.6 is 0 Å². The molecule has 1 aliphatic rings. The quantitative estimate of drug-likeness (QED) is 0.204. The maximum Gasteiger partial charge on any atom is 0.135 e. The first-order chi connectivity index (χ1) is 22.8. The minimum absolute atomic E-state index is 0.558. The van der Waals surface area contributed by atoms with E-state index < -0.39 is 0 Å². The minimum Gasteiger partial charge on any atom is -0.456 e. The van der Waals surface area contributed by atoms with Crippen LogP contribution in [0.25, 0.3) is 77.8 Å². The molecule has 0 aliphatic carbocycles. The molecule has 0 saturated carbocycles. The van der Waals surface area contributed by atoms with Crippen LogP contribution < -0.4 is 0 Å². The molecule has 0 bridgehead atoms. The molecule has 218 valence electrons. The lowest BCUT2D eigenvalue weighted by Gasteiger charge is -2.14. The molecule has 3 nitrogen and oxygen atoms in total. The molecule has 1 aliphatic heterocycles. The van der Waals surface area contributed by atoms with Crippen LogP contribution in [0.15, 0.2) is 156 Å². The minimum atomic E-state index is 0.558. The van der Waals surface area contributed by atoms with Gasteiger partial charge in [0.2, 0.25) is 0 Å². The van der Waals surface area contributed by atoms with Crippen molar-refractivity contribution in [1.82, 2.24) is 4.98 Å². The van der Waals surface area contributed by atoms with Gasteiger partial charge in [0.15, 0.2) is 0 Å². The zero-order valence-corrected chi connectivity index (χ0v) is 25.1. The zero-order chi connectivity index (χ0) is 30.5. The lowest BCUT2D eigenvalue weighted by Crippen LogP contribution is -1.94. The van der Waals surface area contributed by atoms with E-state index in [2.05, 4.69) is 127 Å². The SMILES string of the molecule is c1ccc(-c2cc(-c3ccc4c(c3)COCc3ccc(-c5ccc6oc7ccccc7c6c5)cc3-4)cc(-c3ccccc3)n2)cc1. The summed E-state index contributed by atoms with van der Waals surface area (Å²) in [7, 11) is 0. The lowest BCUT2D eigenvalue weighted by atomic mass is 9.90. The number of pyridine rings is 1. The Hall–Kier alpha value is -5.77. The predicted octanol–water partition coefficient (Wildman–Crippen LogP) is 11.3. The number of hydrogen-bond acceptors (Lipinski definition) is 3. The summed E-state index contributed by atoms with van der Waals surface area (Å²) < 4.78 is 12.3. The van der Waals surface area contributed by atoms with Crippen LogP contribution in [-0.4, -0.2) is 4.98 Å². The van der Waals surface area contributed by atoms with Crippen molar-refractivity contribution in [1.29, 1.82) is 0 Å². The summed E-state index contributed by atoms with van der Waals surface area (Å²) in [6.45, 7) is 1.14. The van der Waals surface area contributed by atoms with Gasteiger partial charge >= 0.3 is 0 Å². The van der Waals surface area contributed by atoms with Crippen LogP contribution in [0.4, 0.5) is 0 Å². The van der Waals surface area contributed by atoms with Gasteiger partial charge in [-0.05, 0) is 87.0 Å². The van der Waals surface area contributed by atoms with Crippen molar-refractivity contribution >= 4 is 21.9 Å². The monoisotopic (exact) mass is 591 g/mol. The van der Waals surface area contributed by atoms with Gasteiger partial charge in [0.05, 0.1) is 24.6 Å². The smallest absolute Gasteiger partial charge is 0.135 e. The molecule has 0 atom stereocenters. The summed E-state index contributed by atoms with van der Waals surface area (Å²) in [6, 6.07) is 53.5. The van der Waals surface area contributed by atoms with E-state index in [0.29, 0.717) is 13.2 Å². The summed E-state index contributed by atoms with van der Waals surface area (Å²) in [5, 5.41) is 2.28. The van der Waals surface area contributed by atoms with E-state index in [4.69, 9.17) is 14.1 Å². The summed E-state index contributed by atoms with van der Waals surface area (Å²) in [5.41, 5.74) is 15.4. The molecule has 0 unspecified atom stereocenters. The topological polar surface area (TPSA) is 35.3 Å². The third-order valence-corrected chi connectivity index (χ3v) is 9.03. The Morgan fingerprint density at radius 3 is 1.78 bits per heavy atom. The highest BCUT2D eigenvalue weighted by Gasteiger charge is 2.18. The summed E-state index contributed by atoms with van der Waals surface area (Å²) in [6.07, 6.45) is 0. The second-order valence-corrected chi connectivity index (χ2v) is 11.9. The molecule has 8 aromatic rings. The van der Waals surface area contributed by atoms with Gasteiger partial charge in [-0.3, -0.25) is 0 Å². The Balaban J connectivity index is 1.14. The molecule has 0 spiro atoms. The Morgan fingerprint density at radius 2 is 1.00 bits per heavy atom. The number of ether oxygens (including phenoxy) is 1. The first kappa shape index (κ1) is 26.6. The first-order valence-corrected chi connectivity index (χ1v) is 15.7. The number of para-hydroxylation sites is 1. The van der Waals surface area contributed by atoms with Crippen LogP contribution in [0.3, 0.4) is 0 Å². The number of furan rings is 1. The van der Waals surface area contributed by atoms with Crippen LogP contribution in [-0.2, 0) is 18.0 Å². The molecular formula is C43H29NO2. The van der Waals surface area contributed by atoms with Crippen molar-refractivity contribution < 1.29 is 9.15 Å². The van der Waals surface area contributed by atoms with Crippen molar-refractivity contribution in [3.63, 3.8) is 0 Å². The van der Waals surface area contributed by atoms with Crippen LogP contribution in [0.2, 0.25) is 0 Å². The molecule has 9 rings (SSSR count). The number of nitrogens with zero attached hydrogens (tertiary/aromatic N) is 1. The molecule has 0 radical (unpaired) electrons. The van der Waals surface area contributed by atoms with Gasteiger partial charge in [-0.15, -0.1) is 0 Å². The van der Waals surface area contributed by atoms with Crippen LogP contribution in [0.5, 0.6) is 0 Å². The van der Waals surface area contributed by atoms with E-state index in [1.807, 2.05) is 24.3 Å². The number of benzene rings is 6. The van der Waals surface area contributed by atoms with Gasteiger partial charge in [0, 0.05) is 21.9 Å². The van der Waals surface area contributed by atoms with Crippen molar-refractivity contribution in [3.8, 4) is 55.9 Å². The highest BCUT2D eigenvalue weighted by atomic mass is 16.5. The zero-order valence-electron chi connectivity index (χ0n) is 25.1. The fraction of sp³-hybridized carbons (Fsp3) is 0.0465. The summed E-state index contributed by atoms with van der Waals surface area (Å²) >= 11 is 0. The Morgan fingerprint density at radius 1 is 0.391 bits per heavy atom. The molecule has 0 fully saturated rings. The fourth-order valence-electron chi connectivity index (χ4n) is 6.68. The predicted molar refractivity (Wildman–Crippen MR) is 187 cm³/mol. The maximum absolute atomic E-state index is 6.24. The van der Waals surface area contributed by atoms with E-state index in [-0.39, 0.29) is 0 Å². The summed E-state index contributed by atoms with van der Waals surface area (Å²) in [5.74, 6) is 0. The standard InChI is InChI=1S/C43H29NO2/c1-3-9-28(10-4-1)40-24-34(25-41(44-40)29-11-5-2-6-12-29)30-17-19-36-35(21-30)27-45-26-33-16-15-31(22-38(33)36)32-18-20-43-39(23-32)37-13-7-8-14-42(37)46-43/h1-25H,26-27H2. The van der Waals surface area contributed by atoms with Gasteiger partial charge in [-0.25, -0.2) is 4.98 Å². The van der Waals surface area contributed by atoms with Crippen LogP contribution in [0, 0.1) is 0 Å². The van der Waals surface area contributed by atoms with Crippen molar-refractivity contribution in [3.05, 3.63) is 163 Å². The Bertz CT molecular complexity index is 2330. The van der Waals surface area contributed by atoms with E-state index >= 15 is 0 Å². The van der Waals surface area contributed by atoms with E-state index in [0.717, 1.165) is 55.6 Å². The molecule has 0 saturated heterocycles. The Labute approximate surface area is 267 Å². The summed E-state index contributed by atoms with van der Waals surface area (Å²) in [4.78, 5) is 5.07. The highest BCUT2D eigenvalue weighted by molar-refractivity contribution is 6.06. The number of aromatic nitrogens is 1. The highest BCUT2D eigenvalue weighted by Crippen LogP contribution is 2.39. The fourth-order valence-corrected chi connectivity index (χ4v) is 6.68. The molecule has 3 heteroatoms. The van der Waals surface area contributed by atoms with Crippen molar-refractivity contribution in [2.24, 2.45) is 0 Å². The lowest BCUT2D eigenvalue weighted by molar-refractivity contribution is 0.110. The average Bonchev–Trinajstić information content (AvgIpc) is 3.40. The first-order valence-electron chi connectivity index (χ1n) is 15.7. The molecule has 6 aromatic carbocycles. The molecule has 3 heterocycles. The van der Waals surface area contributed by atoms with Gasteiger partial charge in [-0.1, -0.05) is 109 Å².